The van der Waals surface area contributed by atoms with E-state index in [4.69, 9.17) is 14.2 Å². The first kappa shape index (κ1) is 48.9. The molecule has 1 saturated carbocycles. The zero-order chi connectivity index (χ0) is 48.1. The molecule has 1 heterocycles. The van der Waals surface area contributed by atoms with E-state index in [1.807, 2.05) is 37.3 Å². The van der Waals surface area contributed by atoms with E-state index < -0.39 is 62.2 Å². The zero-order valence-corrected chi connectivity index (χ0v) is 39.0. The number of carbonyl (C=O) groups excluding carboxylic acids is 3. The van der Waals surface area contributed by atoms with Crippen LogP contribution in [0.5, 0.6) is 5.75 Å². The number of nitrogens with zero attached hydrogens (tertiary/aromatic N) is 2. The standard InChI is InChI=1S/C49H56FN5O10S/c1-29(22-42(56)53-33-16-21-41(32(23-33)26-51-8)66(61,62)35-17-18-35)37-24-31(14-20-40(37)63-28-30-12-10-9-11-13-30)43(45(57)58)54-34-15-19-36-38(25-34)39(50)27-52-44(36)55(46(59)64-48(2,3)4)47(60)65-49(5,6)7/h9-16,19-21,23-25,27,29,35,43,51,54H,17-18,22,26,28H2,1-8H3,(H,53,56)(H,57,58). The third kappa shape index (κ3) is 12.2. The normalized spacial score (nSPS) is 13.9. The maximum Gasteiger partial charge on any atom is 0.425 e. The van der Waals surface area contributed by atoms with Gasteiger partial charge in [0.05, 0.1) is 16.3 Å². The van der Waals surface area contributed by atoms with Crippen molar-refractivity contribution >= 4 is 61.9 Å². The van der Waals surface area contributed by atoms with Crippen LogP contribution in [0.1, 0.15) is 102 Å². The van der Waals surface area contributed by atoms with Crippen molar-refractivity contribution in [1.29, 1.82) is 0 Å². The number of anilines is 3. The number of imide groups is 1. The minimum Gasteiger partial charge on any atom is -0.489 e. The van der Waals surface area contributed by atoms with Crippen LogP contribution in [0.15, 0.2) is 96.0 Å². The molecule has 0 saturated heterocycles. The third-order valence-electron chi connectivity index (χ3n) is 10.3. The monoisotopic (exact) mass is 925 g/mol. The molecule has 1 fully saturated rings. The lowest BCUT2D eigenvalue weighted by atomic mass is 9.92. The lowest BCUT2D eigenvalue weighted by Gasteiger charge is -2.28. The number of carboxylic acid groups (broad SMARTS) is 1. The number of aromatic nitrogens is 1. The molecule has 4 aromatic carbocycles. The molecule has 1 aliphatic carbocycles. The molecule has 2 atom stereocenters. The van der Waals surface area contributed by atoms with Crippen LogP contribution in [-0.4, -0.2) is 66.1 Å². The number of amides is 3. The van der Waals surface area contributed by atoms with Crippen LogP contribution in [0.25, 0.3) is 10.8 Å². The molecule has 350 valence electrons. The van der Waals surface area contributed by atoms with E-state index in [9.17, 15) is 32.7 Å². The number of sulfone groups is 1. The molecule has 2 unspecified atom stereocenters. The van der Waals surface area contributed by atoms with Crippen molar-refractivity contribution in [3.8, 4) is 5.75 Å². The fourth-order valence-corrected chi connectivity index (χ4v) is 9.07. The number of halogens is 1. The van der Waals surface area contributed by atoms with Gasteiger partial charge in [-0.3, -0.25) is 4.79 Å². The van der Waals surface area contributed by atoms with Crippen LogP contribution in [-0.2, 0) is 42.1 Å². The molecular formula is C49H56FN5O10S. The molecule has 3 amide bonds. The summed E-state index contributed by atoms with van der Waals surface area (Å²) in [5.41, 5.74) is 0.832. The van der Waals surface area contributed by atoms with Crippen LogP contribution in [0.4, 0.5) is 31.2 Å². The van der Waals surface area contributed by atoms with Gasteiger partial charge in [-0.05, 0) is 138 Å². The van der Waals surface area contributed by atoms with Crippen molar-refractivity contribution in [3.63, 3.8) is 0 Å². The highest BCUT2D eigenvalue weighted by Crippen LogP contribution is 2.38. The second-order valence-corrected chi connectivity index (χ2v) is 20.4. The highest BCUT2D eigenvalue weighted by Gasteiger charge is 2.38. The molecule has 4 N–H and O–H groups in total. The predicted octanol–water partition coefficient (Wildman–Crippen LogP) is 9.66. The summed E-state index contributed by atoms with van der Waals surface area (Å²) in [6.45, 7) is 12.0. The SMILES string of the molecule is CNCc1cc(NC(=O)CC(C)c2cc(C(Nc3ccc4c(N(C(=O)OC(C)(C)C)C(=O)OC(C)(C)C)ncc(F)c4c3)C(=O)O)ccc2OCc2ccccc2)ccc1S(=O)(=O)C1CC1. The lowest BCUT2D eigenvalue weighted by molar-refractivity contribution is -0.138. The maximum atomic E-state index is 15.6. The van der Waals surface area contributed by atoms with Crippen molar-refractivity contribution in [3.05, 3.63) is 119 Å². The quantitative estimate of drug-likeness (QED) is 0.0729. The Morgan fingerprint density at radius 1 is 0.864 bits per heavy atom. The lowest BCUT2D eigenvalue weighted by Crippen LogP contribution is -2.44. The maximum absolute atomic E-state index is 15.6. The Labute approximate surface area is 384 Å². The summed E-state index contributed by atoms with van der Waals surface area (Å²) in [4.78, 5) is 58.5. The van der Waals surface area contributed by atoms with E-state index in [0.29, 0.717) is 40.3 Å². The first-order valence-corrected chi connectivity index (χ1v) is 23.0. The number of hydrogen-bond acceptors (Lipinski definition) is 12. The van der Waals surface area contributed by atoms with Gasteiger partial charge in [0.2, 0.25) is 5.91 Å². The van der Waals surface area contributed by atoms with Gasteiger partial charge in [-0.1, -0.05) is 43.3 Å². The molecule has 66 heavy (non-hydrogen) atoms. The Morgan fingerprint density at radius 2 is 1.52 bits per heavy atom. The Kier molecular flexibility index (Phi) is 14.7. The second-order valence-electron chi connectivity index (χ2n) is 18.2. The van der Waals surface area contributed by atoms with Gasteiger partial charge in [-0.25, -0.2) is 32.2 Å². The number of hydrogen-bond donors (Lipinski definition) is 4. The van der Waals surface area contributed by atoms with Crippen LogP contribution in [0.2, 0.25) is 0 Å². The number of aliphatic carboxylic acids is 1. The molecule has 15 nitrogen and oxygen atoms in total. The minimum absolute atomic E-state index is 0.0379. The third-order valence-corrected chi connectivity index (χ3v) is 12.7. The summed E-state index contributed by atoms with van der Waals surface area (Å²) in [6, 6.07) is 21.9. The van der Waals surface area contributed by atoms with Crippen LogP contribution >= 0.6 is 0 Å². The summed E-state index contributed by atoms with van der Waals surface area (Å²) < 4.78 is 59.1. The van der Waals surface area contributed by atoms with Gasteiger partial charge in [0.15, 0.2) is 21.7 Å². The number of rotatable bonds is 16. The number of ether oxygens (including phenoxy) is 3. The number of carboxylic acids is 1. The minimum atomic E-state index is -3.48. The van der Waals surface area contributed by atoms with E-state index in [-0.39, 0.29) is 58.2 Å². The Hall–Kier alpha value is -6.59. The van der Waals surface area contributed by atoms with E-state index in [2.05, 4.69) is 20.9 Å². The molecule has 1 aromatic heterocycles. The van der Waals surface area contributed by atoms with Crippen LogP contribution in [0, 0.1) is 5.82 Å². The van der Waals surface area contributed by atoms with Gasteiger partial charge >= 0.3 is 18.2 Å². The summed E-state index contributed by atoms with van der Waals surface area (Å²) >= 11 is 0. The molecule has 6 rings (SSSR count). The summed E-state index contributed by atoms with van der Waals surface area (Å²) in [5, 5.41) is 19.0. The van der Waals surface area contributed by atoms with E-state index in [1.54, 1.807) is 78.9 Å². The van der Waals surface area contributed by atoms with Crippen molar-refractivity contribution in [2.24, 2.45) is 0 Å². The zero-order valence-electron chi connectivity index (χ0n) is 38.2. The summed E-state index contributed by atoms with van der Waals surface area (Å²) in [7, 11) is -1.77. The Balaban J connectivity index is 1.30. The van der Waals surface area contributed by atoms with Crippen molar-refractivity contribution in [2.75, 3.05) is 22.6 Å². The Morgan fingerprint density at radius 3 is 2.12 bits per heavy atom. The smallest absolute Gasteiger partial charge is 0.425 e. The molecule has 0 aliphatic heterocycles. The molecule has 0 bridgehead atoms. The average molecular weight is 926 g/mol. The predicted molar refractivity (Wildman–Crippen MR) is 249 cm³/mol. The van der Waals surface area contributed by atoms with Gasteiger partial charge in [-0.15, -0.1) is 0 Å². The van der Waals surface area contributed by atoms with Gasteiger partial charge in [0.1, 0.15) is 29.4 Å². The topological polar surface area (TPSA) is 203 Å². The number of benzene rings is 4. The largest absolute Gasteiger partial charge is 0.489 e. The van der Waals surface area contributed by atoms with Gasteiger partial charge < -0.3 is 35.3 Å². The fourth-order valence-electron chi connectivity index (χ4n) is 7.20. The number of pyridine rings is 1. The van der Waals surface area contributed by atoms with Crippen molar-refractivity contribution in [2.45, 2.75) is 114 Å². The molecule has 17 heteroatoms. The van der Waals surface area contributed by atoms with Gasteiger partial charge in [0.25, 0.3) is 0 Å². The molecular weight excluding hydrogens is 870 g/mol. The summed E-state index contributed by atoms with van der Waals surface area (Å²) in [5.74, 6) is -2.82. The van der Waals surface area contributed by atoms with Gasteiger partial charge in [-0.2, -0.15) is 4.90 Å². The number of fused-ring (bicyclic) bond motifs is 1. The molecule has 0 spiro atoms. The van der Waals surface area contributed by atoms with E-state index in [1.165, 1.54) is 24.3 Å². The first-order valence-electron chi connectivity index (χ1n) is 21.5. The van der Waals surface area contributed by atoms with Crippen LogP contribution in [0.3, 0.4) is 0 Å². The van der Waals surface area contributed by atoms with Crippen LogP contribution < -0.4 is 25.6 Å². The molecule has 0 radical (unpaired) electrons. The van der Waals surface area contributed by atoms with Crippen molar-refractivity contribution < 1.29 is 51.3 Å². The van der Waals surface area contributed by atoms with Gasteiger partial charge in [0, 0.05) is 35.1 Å². The van der Waals surface area contributed by atoms with Crippen molar-refractivity contribution in [1.82, 2.24) is 10.3 Å². The highest BCUT2D eigenvalue weighted by atomic mass is 32.2. The number of carbonyl (C=O) groups is 4. The number of nitrogens with one attached hydrogen (secondary N) is 3. The highest BCUT2D eigenvalue weighted by molar-refractivity contribution is 7.92. The molecule has 5 aromatic rings. The summed E-state index contributed by atoms with van der Waals surface area (Å²) in [6.07, 6.45) is -0.165. The molecule has 1 aliphatic rings. The second kappa shape index (κ2) is 19.9. The average Bonchev–Trinajstić information content (AvgIpc) is 4.09. The first-order chi connectivity index (χ1) is 31.0. The fraction of sp³-hybridized carbons (Fsp3) is 0.367. The Bertz CT molecular complexity index is 2710. The van der Waals surface area contributed by atoms with E-state index in [0.717, 1.165) is 11.8 Å². The van der Waals surface area contributed by atoms with E-state index >= 15 is 4.39 Å².